The highest BCUT2D eigenvalue weighted by Crippen LogP contribution is 2.51. The molecular formula is C60H56N2Si2. The fraction of sp³-hybridized carbons (Fsp3) is 0.133. The summed E-state index contributed by atoms with van der Waals surface area (Å²) in [6.45, 7) is 19.1. The Morgan fingerprint density at radius 3 is 1.05 bits per heavy atom. The van der Waals surface area contributed by atoms with Gasteiger partial charge in [-0.15, -0.1) is 0 Å². The zero-order valence-electron chi connectivity index (χ0n) is 38.4. The third-order valence-electron chi connectivity index (χ3n) is 13.2. The van der Waals surface area contributed by atoms with Gasteiger partial charge in [0.1, 0.15) is 0 Å². The highest BCUT2D eigenvalue weighted by Gasteiger charge is 2.27. The molecule has 0 unspecified atom stereocenters. The zero-order chi connectivity index (χ0) is 44.3. The van der Waals surface area contributed by atoms with E-state index in [1.165, 1.54) is 98.8 Å². The number of hydrogen-bond donors (Lipinski definition) is 0. The van der Waals surface area contributed by atoms with E-state index >= 15 is 0 Å². The topological polar surface area (TPSA) is 6.48 Å². The van der Waals surface area contributed by atoms with E-state index in [-0.39, 0.29) is 0 Å². The Bertz CT molecular complexity index is 3060. The fourth-order valence-electron chi connectivity index (χ4n) is 9.77. The van der Waals surface area contributed by atoms with E-state index in [0.29, 0.717) is 0 Å². The monoisotopic (exact) mass is 860 g/mol. The van der Waals surface area contributed by atoms with Gasteiger partial charge >= 0.3 is 0 Å². The van der Waals surface area contributed by atoms with Gasteiger partial charge in [-0.3, -0.25) is 0 Å². The first kappa shape index (κ1) is 41.3. The molecule has 0 bridgehead atoms. The van der Waals surface area contributed by atoms with E-state index in [9.17, 15) is 0 Å². The minimum Gasteiger partial charge on any atom is -0.309 e. The van der Waals surface area contributed by atoms with Gasteiger partial charge in [-0.05, 0) is 94.0 Å². The Hall–Kier alpha value is -6.73. The normalized spacial score (nSPS) is 12.1. The zero-order valence-corrected chi connectivity index (χ0v) is 40.4. The van der Waals surface area contributed by atoms with Crippen molar-refractivity contribution < 1.29 is 0 Å². The highest BCUT2D eigenvalue weighted by molar-refractivity contribution is 6.89. The molecule has 0 N–H and O–H groups in total. The van der Waals surface area contributed by atoms with Crippen LogP contribution in [0.25, 0.3) is 54.6 Å². The molecule has 0 aromatic heterocycles. The average Bonchev–Trinajstić information content (AvgIpc) is 3.30. The lowest BCUT2D eigenvalue weighted by atomic mass is 9.91. The van der Waals surface area contributed by atoms with E-state index in [0.717, 1.165) is 11.4 Å². The maximum atomic E-state index is 2.53. The Kier molecular flexibility index (Phi) is 10.4. The van der Waals surface area contributed by atoms with Crippen LogP contribution < -0.4 is 20.2 Å². The SMILES string of the molecule is Cc1cccc(-c2ccccc2)c1N(c1ccc([Si](C)(C)C)cc1)c1ccc2ccc3c(N(c4ccc([Si](C)(C)C)cc4)c4c(C)cccc4-c4ccccc4)ccc4ccc1c2c43. The van der Waals surface area contributed by atoms with Crippen molar-refractivity contribution in [3.8, 4) is 22.3 Å². The van der Waals surface area contributed by atoms with Crippen LogP contribution in [0.15, 0.2) is 194 Å². The van der Waals surface area contributed by atoms with Crippen LogP contribution in [-0.2, 0) is 0 Å². The standard InChI is InChI=1S/C60H56N2Si2/c1-41-17-15-23-51(43-19-11-9-12-20-43)59(41)61(47-29-33-49(34-30-47)63(3,4)5)55-39-27-45-26-38-54-56(40-28-46-25-37-53(55)57(45)58(46)54)62(48-31-35-50(36-32-48)64(6,7)8)60-42(2)18-16-24-52(60)44-21-13-10-14-22-44/h9-40H,1-8H3. The summed E-state index contributed by atoms with van der Waals surface area (Å²) < 4.78 is 0. The van der Waals surface area contributed by atoms with Crippen molar-refractivity contribution in [1.82, 2.24) is 0 Å². The number of rotatable bonds is 10. The third kappa shape index (κ3) is 7.31. The van der Waals surface area contributed by atoms with E-state index in [1.54, 1.807) is 0 Å². The van der Waals surface area contributed by atoms with Crippen LogP contribution in [-0.4, -0.2) is 16.1 Å². The molecule has 0 aliphatic heterocycles. The summed E-state index contributed by atoms with van der Waals surface area (Å²) >= 11 is 0. The Morgan fingerprint density at radius 2 is 0.688 bits per heavy atom. The molecule has 314 valence electrons. The van der Waals surface area contributed by atoms with Crippen molar-refractivity contribution in [3.05, 3.63) is 205 Å². The van der Waals surface area contributed by atoms with Crippen molar-refractivity contribution in [1.29, 1.82) is 0 Å². The summed E-state index contributed by atoms with van der Waals surface area (Å²) in [5, 5.41) is 10.4. The Balaban J connectivity index is 1.25. The second-order valence-corrected chi connectivity index (χ2v) is 29.7. The smallest absolute Gasteiger partial charge is 0.0775 e. The average molecular weight is 861 g/mol. The van der Waals surface area contributed by atoms with Crippen molar-refractivity contribution >= 4 is 93.0 Å². The van der Waals surface area contributed by atoms with Crippen molar-refractivity contribution in [2.24, 2.45) is 0 Å². The third-order valence-corrected chi connectivity index (χ3v) is 17.3. The van der Waals surface area contributed by atoms with E-state index in [4.69, 9.17) is 0 Å². The summed E-state index contributed by atoms with van der Waals surface area (Å²) in [5.74, 6) is 0. The van der Waals surface area contributed by atoms with Crippen molar-refractivity contribution in [2.45, 2.75) is 53.1 Å². The van der Waals surface area contributed by atoms with Crippen molar-refractivity contribution in [3.63, 3.8) is 0 Å². The van der Waals surface area contributed by atoms with Gasteiger partial charge < -0.3 is 9.80 Å². The number of para-hydroxylation sites is 2. The summed E-state index contributed by atoms with van der Waals surface area (Å²) in [7, 11) is -3.07. The van der Waals surface area contributed by atoms with Gasteiger partial charge in [0.25, 0.3) is 0 Å². The second-order valence-electron chi connectivity index (χ2n) is 19.5. The molecule has 0 radical (unpaired) electrons. The molecular weight excluding hydrogens is 805 g/mol. The molecule has 2 nitrogen and oxygen atoms in total. The van der Waals surface area contributed by atoms with Crippen LogP contribution in [0.5, 0.6) is 0 Å². The number of nitrogens with zero attached hydrogens (tertiary/aromatic N) is 2. The molecule has 0 amide bonds. The van der Waals surface area contributed by atoms with Crippen LogP contribution in [0.3, 0.4) is 0 Å². The number of anilines is 6. The highest BCUT2D eigenvalue weighted by atomic mass is 28.3. The number of hydrogen-bond acceptors (Lipinski definition) is 2. The van der Waals surface area contributed by atoms with Crippen LogP contribution in [0.1, 0.15) is 11.1 Å². The summed E-state index contributed by atoms with van der Waals surface area (Å²) in [6, 6.07) is 72.9. The molecule has 10 rings (SSSR count). The van der Waals surface area contributed by atoms with Crippen molar-refractivity contribution in [2.75, 3.05) is 9.80 Å². The molecule has 0 spiro atoms. The summed E-state index contributed by atoms with van der Waals surface area (Å²) in [6.07, 6.45) is 0. The van der Waals surface area contributed by atoms with Gasteiger partial charge in [-0.2, -0.15) is 0 Å². The summed E-state index contributed by atoms with van der Waals surface area (Å²) in [4.78, 5) is 5.06. The quantitative estimate of drug-likeness (QED) is 0.0998. The molecule has 0 saturated carbocycles. The summed E-state index contributed by atoms with van der Waals surface area (Å²) in [5.41, 5.74) is 14.4. The first-order valence-electron chi connectivity index (χ1n) is 22.7. The van der Waals surface area contributed by atoms with E-state index < -0.39 is 16.1 Å². The molecule has 10 aromatic rings. The van der Waals surface area contributed by atoms with Gasteiger partial charge in [0, 0.05) is 33.3 Å². The molecule has 0 aliphatic rings. The van der Waals surface area contributed by atoms with Gasteiger partial charge in [0.05, 0.1) is 38.9 Å². The van der Waals surface area contributed by atoms with Gasteiger partial charge in [-0.25, -0.2) is 0 Å². The first-order valence-corrected chi connectivity index (χ1v) is 29.7. The lowest BCUT2D eigenvalue weighted by molar-refractivity contribution is 1.26. The predicted octanol–water partition coefficient (Wildman–Crippen LogP) is 16.6. The van der Waals surface area contributed by atoms with Crippen LogP contribution in [0.4, 0.5) is 34.1 Å². The van der Waals surface area contributed by atoms with Crippen LogP contribution in [0, 0.1) is 13.8 Å². The van der Waals surface area contributed by atoms with Crippen LogP contribution >= 0.6 is 0 Å². The minimum atomic E-state index is -1.53. The Morgan fingerprint density at radius 1 is 0.328 bits per heavy atom. The van der Waals surface area contributed by atoms with E-state index in [2.05, 4.69) is 257 Å². The number of benzene rings is 10. The molecule has 10 aromatic carbocycles. The molecule has 4 heteroatoms. The van der Waals surface area contributed by atoms with Gasteiger partial charge in [0.2, 0.25) is 0 Å². The van der Waals surface area contributed by atoms with Gasteiger partial charge in [-0.1, -0.05) is 207 Å². The maximum absolute atomic E-state index is 2.53. The molecule has 0 saturated heterocycles. The maximum Gasteiger partial charge on any atom is 0.0775 e. The molecule has 64 heavy (non-hydrogen) atoms. The lowest BCUT2D eigenvalue weighted by Crippen LogP contribution is -2.37. The molecule has 0 fully saturated rings. The fourth-order valence-corrected chi connectivity index (χ4v) is 12.1. The molecule has 0 aliphatic carbocycles. The largest absolute Gasteiger partial charge is 0.309 e. The molecule has 0 atom stereocenters. The van der Waals surface area contributed by atoms with Gasteiger partial charge in [0.15, 0.2) is 0 Å². The lowest BCUT2D eigenvalue weighted by Gasteiger charge is -2.32. The van der Waals surface area contributed by atoms with Crippen LogP contribution in [0.2, 0.25) is 39.3 Å². The second kappa shape index (κ2) is 16.1. The van der Waals surface area contributed by atoms with E-state index in [1.807, 2.05) is 0 Å². The Labute approximate surface area is 381 Å². The first-order chi connectivity index (χ1) is 30.9. The predicted molar refractivity (Wildman–Crippen MR) is 286 cm³/mol. The number of aryl methyl sites for hydroxylation is 2. The molecule has 0 heterocycles. The minimum absolute atomic E-state index is 1.16.